The summed E-state index contributed by atoms with van der Waals surface area (Å²) in [7, 11) is 1.82. The van der Waals surface area contributed by atoms with Gasteiger partial charge < -0.3 is 20.3 Å². The normalized spacial score (nSPS) is 22.1. The Morgan fingerprint density at radius 1 is 1.10 bits per heavy atom. The summed E-state index contributed by atoms with van der Waals surface area (Å²) in [6, 6.07) is 17.7. The van der Waals surface area contributed by atoms with Crippen molar-refractivity contribution < 1.29 is 9.13 Å². The summed E-state index contributed by atoms with van der Waals surface area (Å²) in [5, 5.41) is 7.07. The largest absolute Gasteiger partial charge is 0.373 e. The average Bonchev–Trinajstić information content (AvgIpc) is 3.26. The first-order valence-electron chi connectivity index (χ1n) is 10.9. The maximum absolute atomic E-state index is 13.5. The Morgan fingerprint density at radius 3 is 2.58 bits per heavy atom. The summed E-state index contributed by atoms with van der Waals surface area (Å²) in [5.41, 5.74) is 2.21. The molecule has 0 spiro atoms. The van der Waals surface area contributed by atoms with Crippen molar-refractivity contribution in [3.8, 4) is 0 Å². The fourth-order valence-corrected chi connectivity index (χ4v) is 4.42. The molecule has 0 amide bonds. The zero-order chi connectivity index (χ0) is 20.8. The van der Waals surface area contributed by atoms with Crippen LogP contribution >= 0.6 is 24.0 Å². The first kappa shape index (κ1) is 23.8. The Balaban J connectivity index is 0.00000272. The Bertz CT molecular complexity index is 842. The maximum Gasteiger partial charge on any atom is 0.191 e. The number of guanidine groups is 1. The van der Waals surface area contributed by atoms with E-state index in [9.17, 15) is 4.39 Å². The van der Waals surface area contributed by atoms with Crippen molar-refractivity contribution in [2.24, 2.45) is 10.9 Å². The van der Waals surface area contributed by atoms with Crippen LogP contribution in [0, 0.1) is 11.7 Å². The maximum atomic E-state index is 13.5. The third-order valence-corrected chi connectivity index (χ3v) is 6.11. The van der Waals surface area contributed by atoms with E-state index < -0.39 is 0 Å². The molecule has 2 atom stereocenters. The number of anilines is 1. The molecule has 4 rings (SSSR count). The molecule has 0 bridgehead atoms. The lowest BCUT2D eigenvalue weighted by Crippen LogP contribution is -2.49. The number of aliphatic imine (C=N–C) groups is 1. The predicted molar refractivity (Wildman–Crippen MR) is 135 cm³/mol. The van der Waals surface area contributed by atoms with Crippen LogP contribution in [-0.2, 0) is 4.74 Å². The van der Waals surface area contributed by atoms with E-state index in [1.54, 1.807) is 12.1 Å². The Hall–Kier alpha value is -1.87. The van der Waals surface area contributed by atoms with E-state index in [4.69, 9.17) is 4.74 Å². The van der Waals surface area contributed by atoms with E-state index in [-0.39, 0.29) is 35.9 Å². The van der Waals surface area contributed by atoms with Crippen molar-refractivity contribution in [2.45, 2.75) is 31.4 Å². The highest BCUT2D eigenvalue weighted by Crippen LogP contribution is 2.33. The molecule has 2 fully saturated rings. The number of piperidine rings is 1. The van der Waals surface area contributed by atoms with Gasteiger partial charge in [0.25, 0.3) is 0 Å². The van der Waals surface area contributed by atoms with E-state index in [1.165, 1.54) is 11.6 Å². The summed E-state index contributed by atoms with van der Waals surface area (Å²) in [6.45, 7) is 3.45. The van der Waals surface area contributed by atoms with Gasteiger partial charge in [0.05, 0.1) is 6.10 Å². The molecule has 0 radical (unpaired) electrons. The number of hydrogen-bond acceptors (Lipinski definition) is 3. The summed E-state index contributed by atoms with van der Waals surface area (Å²) in [5.74, 6) is 1.10. The van der Waals surface area contributed by atoms with Gasteiger partial charge in [0, 0.05) is 50.9 Å². The molecule has 31 heavy (non-hydrogen) atoms. The van der Waals surface area contributed by atoms with E-state index in [2.05, 4.69) is 44.8 Å². The third-order valence-electron chi connectivity index (χ3n) is 6.11. The predicted octanol–water partition coefficient (Wildman–Crippen LogP) is 4.36. The molecule has 2 saturated heterocycles. The minimum Gasteiger partial charge on any atom is -0.373 e. The van der Waals surface area contributed by atoms with Crippen molar-refractivity contribution in [1.82, 2.24) is 10.6 Å². The molecule has 2 aliphatic heterocycles. The number of hydrogen-bond donors (Lipinski definition) is 2. The standard InChI is InChI=1S/C24H31FN4O.HI/c1-26-24(27-17-19-12-15-30-23(19)18-6-3-2-4-7-18)28-21-10-13-29(14-11-21)22-9-5-8-20(25)16-22;/h2-9,16,19,21,23H,10-15,17H2,1H3,(H2,26,27,28);1H. The van der Waals surface area contributed by atoms with Crippen LogP contribution in [-0.4, -0.2) is 45.3 Å². The highest BCUT2D eigenvalue weighted by Gasteiger charge is 2.29. The molecule has 0 saturated carbocycles. The molecule has 2 unspecified atom stereocenters. The molecule has 2 N–H and O–H groups in total. The molecule has 2 aliphatic rings. The van der Waals surface area contributed by atoms with Gasteiger partial charge in [-0.15, -0.1) is 24.0 Å². The van der Waals surface area contributed by atoms with Gasteiger partial charge >= 0.3 is 0 Å². The number of rotatable bonds is 5. The van der Waals surface area contributed by atoms with Crippen molar-refractivity contribution in [1.29, 1.82) is 0 Å². The number of benzene rings is 2. The fourth-order valence-electron chi connectivity index (χ4n) is 4.42. The first-order valence-corrected chi connectivity index (χ1v) is 10.9. The van der Waals surface area contributed by atoms with Crippen LogP contribution in [0.4, 0.5) is 10.1 Å². The molecule has 7 heteroatoms. The van der Waals surface area contributed by atoms with Crippen LogP contribution in [0.15, 0.2) is 59.6 Å². The highest BCUT2D eigenvalue weighted by molar-refractivity contribution is 14.0. The molecular weight excluding hydrogens is 506 g/mol. The molecule has 0 aromatic heterocycles. The van der Waals surface area contributed by atoms with Gasteiger partial charge in [0.2, 0.25) is 0 Å². The fraction of sp³-hybridized carbons (Fsp3) is 0.458. The lowest BCUT2D eigenvalue weighted by Gasteiger charge is -2.34. The SMILES string of the molecule is CN=C(NCC1CCOC1c1ccccc1)NC1CCN(c2cccc(F)c2)CC1.I. The van der Waals surface area contributed by atoms with Crippen molar-refractivity contribution in [3.63, 3.8) is 0 Å². The molecule has 5 nitrogen and oxygen atoms in total. The highest BCUT2D eigenvalue weighted by atomic mass is 127. The number of ether oxygens (including phenoxy) is 1. The van der Waals surface area contributed by atoms with E-state index in [1.807, 2.05) is 19.2 Å². The Morgan fingerprint density at radius 2 is 1.87 bits per heavy atom. The zero-order valence-electron chi connectivity index (χ0n) is 18.0. The van der Waals surface area contributed by atoms with Crippen molar-refractivity contribution in [3.05, 3.63) is 66.0 Å². The lowest BCUT2D eigenvalue weighted by atomic mass is 9.95. The van der Waals surface area contributed by atoms with Crippen molar-refractivity contribution in [2.75, 3.05) is 38.2 Å². The third kappa shape index (κ3) is 6.32. The minimum atomic E-state index is -0.179. The quantitative estimate of drug-likeness (QED) is 0.338. The van der Waals surface area contributed by atoms with Gasteiger partial charge in [0.1, 0.15) is 5.82 Å². The van der Waals surface area contributed by atoms with Gasteiger partial charge in [-0.1, -0.05) is 36.4 Å². The van der Waals surface area contributed by atoms with E-state index in [0.717, 1.165) is 57.2 Å². The molecule has 0 aliphatic carbocycles. The Labute approximate surface area is 201 Å². The van der Waals surface area contributed by atoms with Crippen LogP contribution in [0.1, 0.15) is 30.9 Å². The number of nitrogens with zero attached hydrogens (tertiary/aromatic N) is 2. The van der Waals surface area contributed by atoms with Crippen LogP contribution in [0.25, 0.3) is 0 Å². The van der Waals surface area contributed by atoms with Gasteiger partial charge in [0.15, 0.2) is 5.96 Å². The topological polar surface area (TPSA) is 48.9 Å². The van der Waals surface area contributed by atoms with Crippen molar-refractivity contribution >= 4 is 35.6 Å². The Kier molecular flexibility index (Phi) is 8.95. The molecule has 2 aromatic carbocycles. The van der Waals surface area contributed by atoms with Gasteiger partial charge in [-0.25, -0.2) is 4.39 Å². The molecular formula is C24H32FIN4O. The second-order valence-corrected chi connectivity index (χ2v) is 8.09. The molecule has 2 aromatic rings. The summed E-state index contributed by atoms with van der Waals surface area (Å²) >= 11 is 0. The minimum absolute atomic E-state index is 0. The smallest absolute Gasteiger partial charge is 0.191 e. The lowest BCUT2D eigenvalue weighted by molar-refractivity contribution is 0.0915. The van der Waals surface area contributed by atoms with Gasteiger partial charge in [-0.2, -0.15) is 0 Å². The summed E-state index contributed by atoms with van der Waals surface area (Å²) in [4.78, 5) is 6.67. The van der Waals surface area contributed by atoms with Crippen LogP contribution in [0.3, 0.4) is 0 Å². The monoisotopic (exact) mass is 538 g/mol. The summed E-state index contributed by atoms with van der Waals surface area (Å²) in [6.07, 6.45) is 3.19. The average molecular weight is 538 g/mol. The zero-order valence-corrected chi connectivity index (χ0v) is 20.3. The molecule has 168 valence electrons. The van der Waals surface area contributed by atoms with Crippen LogP contribution < -0.4 is 15.5 Å². The van der Waals surface area contributed by atoms with E-state index in [0.29, 0.717) is 12.0 Å². The first-order chi connectivity index (χ1) is 14.7. The van der Waals surface area contributed by atoms with Crippen LogP contribution in [0.5, 0.6) is 0 Å². The number of nitrogens with one attached hydrogen (secondary N) is 2. The van der Waals surface area contributed by atoms with Crippen LogP contribution in [0.2, 0.25) is 0 Å². The van der Waals surface area contributed by atoms with Gasteiger partial charge in [-0.3, -0.25) is 4.99 Å². The second kappa shape index (κ2) is 11.7. The number of halogens is 2. The molecule has 2 heterocycles. The van der Waals surface area contributed by atoms with Gasteiger partial charge in [-0.05, 0) is 43.0 Å². The second-order valence-electron chi connectivity index (χ2n) is 8.09. The van der Waals surface area contributed by atoms with E-state index >= 15 is 0 Å². The summed E-state index contributed by atoms with van der Waals surface area (Å²) < 4.78 is 19.5.